The first-order valence-electron chi connectivity index (χ1n) is 46.8. The number of hydrogen-bond donors (Lipinski definition) is 6. The van der Waals surface area contributed by atoms with Crippen molar-refractivity contribution < 1.29 is 96.8 Å². The van der Waals surface area contributed by atoms with Crippen molar-refractivity contribution in [3.63, 3.8) is 0 Å². The van der Waals surface area contributed by atoms with Crippen LogP contribution in [0.1, 0.15) is 72.7 Å². The number of hydrogen-bond acceptors (Lipinski definition) is 39. The number of anilines is 5. The second kappa shape index (κ2) is 46.1. The molecule has 14 heterocycles. The van der Waals surface area contributed by atoms with Gasteiger partial charge in [-0.25, -0.2) is 95.0 Å². The van der Waals surface area contributed by atoms with Crippen LogP contribution in [0.4, 0.5) is 29.2 Å². The predicted molar refractivity (Wildman–Crippen MR) is 531 cm³/mol. The van der Waals surface area contributed by atoms with Crippen LogP contribution in [0.5, 0.6) is 0 Å². The Labute approximate surface area is 833 Å². The summed E-state index contributed by atoms with van der Waals surface area (Å²) in [6, 6.07) is 4.25. The van der Waals surface area contributed by atoms with Gasteiger partial charge < -0.3 is 93.5 Å². The maximum absolute atomic E-state index is 16.2. The second-order valence-corrected chi connectivity index (χ2v) is 56.9. The van der Waals surface area contributed by atoms with Crippen molar-refractivity contribution in [1.82, 2.24) is 133 Å². The Hall–Kier alpha value is -6.97. The van der Waals surface area contributed by atoms with E-state index in [9.17, 15) is 23.7 Å². The predicted octanol–water partition coefficient (Wildman–Crippen LogP) is 2.52. The molecule has 0 radical (unpaired) electrons. The molecule has 58 nitrogen and oxygen atoms in total. The van der Waals surface area contributed by atoms with Crippen LogP contribution < -0.4 is 51.3 Å². The summed E-state index contributed by atoms with van der Waals surface area (Å²) in [4.78, 5) is 92.7. The van der Waals surface area contributed by atoms with Gasteiger partial charge in [0.25, 0.3) is 13.1 Å². The summed E-state index contributed by atoms with van der Waals surface area (Å²) in [6.45, 7) is 7.71. The summed E-state index contributed by atoms with van der Waals surface area (Å²) in [6.07, 6.45) is -5.17. The first-order valence-corrected chi connectivity index (χ1v) is 57.6. The van der Waals surface area contributed by atoms with Gasteiger partial charge in [0.15, 0.2) is 41.3 Å². The Morgan fingerprint density at radius 3 is 0.958 bits per heavy atom. The number of ether oxygens (including phenoxy) is 7. The zero-order chi connectivity index (χ0) is 105. The smallest absolute Gasteiger partial charge is 0.351 e. The van der Waals surface area contributed by atoms with E-state index in [4.69, 9.17) is 93.5 Å². The maximum atomic E-state index is 16.2. The minimum absolute atomic E-state index is 0.0263. The molecule has 0 aliphatic carbocycles. The molecule has 7 aliphatic rings. The molecule has 0 saturated carbocycles. The summed E-state index contributed by atoms with van der Waals surface area (Å²) in [5.74, 6) is -0.219. The summed E-state index contributed by atoms with van der Waals surface area (Å²) in [5, 5.41) is 0. The average molecular weight is 2170 g/mol. The molecule has 7 aromatic heterocycles. The first kappa shape index (κ1) is 113. The molecule has 21 unspecified atom stereocenters. The van der Waals surface area contributed by atoms with E-state index >= 15 is 27.4 Å². The lowest BCUT2D eigenvalue weighted by Crippen LogP contribution is -2.52. The van der Waals surface area contributed by atoms with Crippen LogP contribution in [0.15, 0.2) is 74.9 Å². The van der Waals surface area contributed by atoms with E-state index in [0.29, 0.717) is 24.3 Å². The molecule has 14 rings (SSSR count). The SMILES string of the molecule is CC1CN(P(=O)(OCC2CN(P(=O)(OCC3CN(P(=O)(OCC4CN(P(=O)(OCC5CN(C(C)C)CC(n6cnc7c(N)ncnc76)O5)N(C)C)CC(n5ccc(N)nc5=O)O4)N(C)C)CC(C)O3)N(C)C)CC(n3ccc(N)nc3=O)O2)N(C)C)CC(COP(=O)(N(C)C)N2CC(COP(=O)(N(C)C)N3CC(COP(=O)(C(C)C)N(C)C)OC(n4cnc5c(=O)[nH]c(N)nc54)C3)OC(n3ccc(N)nc3=O)C2)O1. The van der Waals surface area contributed by atoms with Gasteiger partial charge in [0, 0.05) is 95.7 Å². The average Bonchev–Trinajstić information content (AvgIpc) is 1.48. The highest BCUT2D eigenvalue weighted by Gasteiger charge is 2.53. The number of nitrogens with zero attached hydrogens (tertiary/aromatic N) is 27. The van der Waals surface area contributed by atoms with Gasteiger partial charge in [-0.3, -0.25) is 69.5 Å². The summed E-state index contributed by atoms with van der Waals surface area (Å²) < 4.78 is 229. The van der Waals surface area contributed by atoms with Crippen molar-refractivity contribution in [1.29, 1.82) is 0 Å². The van der Waals surface area contributed by atoms with Gasteiger partial charge in [-0.2, -0.15) is 19.9 Å². The first-order chi connectivity index (χ1) is 67.7. The van der Waals surface area contributed by atoms with Crippen molar-refractivity contribution in [2.75, 3.05) is 265 Å². The Bertz CT molecular complexity index is 6250. The summed E-state index contributed by atoms with van der Waals surface area (Å²) in [5.41, 5.74) is 27.6. The van der Waals surface area contributed by atoms with Crippen LogP contribution in [-0.4, -0.2) is 436 Å². The monoisotopic (exact) mass is 2170 g/mol. The lowest BCUT2D eigenvalue weighted by molar-refractivity contribution is -0.140. The van der Waals surface area contributed by atoms with E-state index < -0.39 is 194 Å². The van der Waals surface area contributed by atoms with E-state index in [2.05, 4.69) is 63.6 Å². The zero-order valence-electron chi connectivity index (χ0n) is 84.6. The highest BCUT2D eigenvalue weighted by atomic mass is 31.2. The van der Waals surface area contributed by atoms with Crippen LogP contribution in [0.3, 0.4) is 0 Å². The van der Waals surface area contributed by atoms with Crippen LogP contribution >= 0.6 is 53.5 Å². The van der Waals surface area contributed by atoms with Crippen LogP contribution in [0.25, 0.3) is 22.3 Å². The van der Waals surface area contributed by atoms with Crippen LogP contribution in [0.2, 0.25) is 0 Å². The molecular formula is C79H138N33O25P7. The van der Waals surface area contributed by atoms with Crippen molar-refractivity contribution in [3.05, 3.63) is 97.6 Å². The molecule has 7 aliphatic heterocycles. The zero-order valence-corrected chi connectivity index (χ0v) is 90.8. The minimum Gasteiger partial charge on any atom is -0.383 e. The number of imidazole rings is 2. The number of morpholine rings is 7. The topological polar surface area (TPSA) is 636 Å². The molecule has 7 saturated heterocycles. The van der Waals surface area contributed by atoms with E-state index in [1.165, 1.54) is 124 Å². The lowest BCUT2D eigenvalue weighted by Gasteiger charge is -2.46. The van der Waals surface area contributed by atoms with E-state index in [0.717, 1.165) is 4.57 Å². The van der Waals surface area contributed by atoms with Gasteiger partial charge in [0.2, 0.25) is 5.95 Å². The number of nitrogens with one attached hydrogen (secondary N) is 1. The largest absolute Gasteiger partial charge is 0.383 e. The number of nitrogen functional groups attached to an aromatic ring is 5. The highest BCUT2D eigenvalue weighted by molar-refractivity contribution is 7.57. The molecule has 7 fully saturated rings. The quantitative estimate of drug-likeness (QED) is 0.0300. The molecule has 0 bridgehead atoms. The molecule has 0 amide bonds. The van der Waals surface area contributed by atoms with Gasteiger partial charge in [-0.15, -0.1) is 0 Å². The number of aromatic nitrogens is 14. The van der Waals surface area contributed by atoms with E-state index in [1.807, 2.05) is 0 Å². The molecule has 11 N–H and O–H groups in total. The Morgan fingerprint density at radius 1 is 0.354 bits per heavy atom. The van der Waals surface area contributed by atoms with Gasteiger partial charge in [0.1, 0.15) is 41.8 Å². The third-order valence-corrected chi connectivity index (χ3v) is 43.6. The number of H-pyrrole nitrogens is 1. The molecular weight excluding hydrogens is 2030 g/mol. The number of rotatable bonds is 41. The third kappa shape index (κ3) is 24.6. The molecule has 144 heavy (non-hydrogen) atoms. The van der Waals surface area contributed by atoms with Crippen molar-refractivity contribution >= 4 is 105 Å². The molecule has 0 spiro atoms. The van der Waals surface area contributed by atoms with Crippen LogP contribution in [0, 0.1) is 0 Å². The van der Waals surface area contributed by atoms with Crippen molar-refractivity contribution in [3.8, 4) is 0 Å². The molecule has 7 aromatic rings. The van der Waals surface area contributed by atoms with Crippen molar-refractivity contribution in [2.45, 2.75) is 139 Å². The van der Waals surface area contributed by atoms with Gasteiger partial charge >= 0.3 is 63.1 Å². The minimum atomic E-state index is -4.33. The van der Waals surface area contributed by atoms with Gasteiger partial charge in [-0.1, -0.05) is 13.8 Å². The fourth-order valence-corrected chi connectivity index (χ4v) is 32.0. The second-order valence-electron chi connectivity index (χ2n) is 38.1. The highest BCUT2D eigenvalue weighted by Crippen LogP contribution is 2.63. The summed E-state index contributed by atoms with van der Waals surface area (Å²) in [7, 11) is -6.89. The molecule has 65 heteroatoms. The van der Waals surface area contributed by atoms with E-state index in [-0.39, 0.29) is 145 Å². The molecule has 0 aromatic carbocycles. The van der Waals surface area contributed by atoms with E-state index in [1.54, 1.807) is 137 Å². The summed E-state index contributed by atoms with van der Waals surface area (Å²) >= 11 is 0. The lowest BCUT2D eigenvalue weighted by atomic mass is 10.2. The fraction of sp³-hybridized carbons (Fsp3) is 0.722. The van der Waals surface area contributed by atoms with Gasteiger partial charge in [0.05, 0.1) is 140 Å². The maximum Gasteiger partial charge on any atom is 0.351 e. The standard InChI is InChI=1S/C79H138N33O25P7/c1-51(2)101-29-55(133-65(36-101)111-49-87-70-72(83)85-48-86-73(70)111)42-125-141(120,97(13)14)104-33-59(134-66(37-104)108-24-21-62(80)89-77(108)114)45-128-139(118,95(9)10)102-27-53(5)131-56(30-102)43-126-142(121,98(15)16)105-34-60(135-67(38-105)109-25-22-63(81)90-78(109)115)46-129-140(119,96(11)12)103-28-54(6)132-57(31-103)44-127-143(122,99(17)18)106-35-61(136-68(39-106)110-26-23-64(82)91-79(110)116)47-130-144(123,100(19)20)107-32-58(41-124-138(117,52(3)4)94(7)8)137-69(40-107)112-50-88-71-74(112)92-76(84)93-75(71)113/h21-26,48-61,65-69H,27-47H2,1-20H3,(H2,80,89,114)(H2,81,90,115)(H2,82,91,116)(H2,83,85,86)(H3,84,92,93,113). The third-order valence-electron chi connectivity index (χ3n) is 25.4. The fourth-order valence-electron chi connectivity index (χ4n) is 18.0. The van der Waals surface area contributed by atoms with Crippen LogP contribution in [-0.2, 0) is 96.8 Å². The number of fused-ring (bicyclic) bond motifs is 2. The Kier molecular flexibility index (Phi) is 36.0. The van der Waals surface area contributed by atoms with Gasteiger partial charge in [-0.05, 0) is 145 Å². The molecule has 804 valence electrons. The Morgan fingerprint density at radius 2 is 0.646 bits per heavy atom. The Balaban J connectivity index is 0.654. The molecule has 21 atom stereocenters. The number of nitrogens with two attached hydrogens (primary N) is 5. The normalized spacial score (nSPS) is 28.0. The number of aromatic amines is 1. The van der Waals surface area contributed by atoms with Crippen molar-refractivity contribution in [2.24, 2.45) is 0 Å².